The summed E-state index contributed by atoms with van der Waals surface area (Å²) in [4.78, 5) is 35.3. The highest BCUT2D eigenvalue weighted by atomic mass is 16.5. The molecule has 4 heterocycles. The maximum absolute atomic E-state index is 13.4. The van der Waals surface area contributed by atoms with Crippen LogP contribution in [0.5, 0.6) is 0 Å². The van der Waals surface area contributed by atoms with E-state index in [4.69, 9.17) is 10.5 Å². The van der Waals surface area contributed by atoms with E-state index in [1.54, 1.807) is 16.9 Å². The zero-order valence-corrected chi connectivity index (χ0v) is 19.1. The van der Waals surface area contributed by atoms with E-state index in [1.807, 2.05) is 43.9 Å². The number of nitrogens with one attached hydrogen (secondary N) is 1. The first-order valence-corrected chi connectivity index (χ1v) is 11.0. The number of pyridine rings is 1. The highest BCUT2D eigenvalue weighted by molar-refractivity contribution is 6.05. The number of carbonyl (C=O) groups excluding carboxylic acids is 2. The smallest absolute Gasteiger partial charge is 0.407 e. The number of amides is 2. The summed E-state index contributed by atoms with van der Waals surface area (Å²) in [5, 5.41) is 7.11. The zero-order chi connectivity index (χ0) is 23.6. The topological polar surface area (TPSA) is 128 Å². The van der Waals surface area contributed by atoms with Gasteiger partial charge in [0.1, 0.15) is 11.8 Å². The number of nitrogens with two attached hydrogens (primary N) is 1. The number of rotatable bonds is 4. The van der Waals surface area contributed by atoms with Gasteiger partial charge >= 0.3 is 6.09 Å². The number of carbonyl (C=O) groups is 2. The lowest BCUT2D eigenvalue weighted by Crippen LogP contribution is -2.43. The first-order chi connectivity index (χ1) is 15.7. The number of fused-ring (bicyclic) bond motifs is 1. The fourth-order valence-corrected chi connectivity index (χ4v) is 3.97. The first-order valence-electron chi connectivity index (χ1n) is 11.0. The van der Waals surface area contributed by atoms with Gasteiger partial charge in [-0.2, -0.15) is 5.10 Å². The van der Waals surface area contributed by atoms with Gasteiger partial charge in [0.2, 0.25) is 0 Å². The molecular formula is C23H29N7O3. The number of aromatic nitrogens is 4. The van der Waals surface area contributed by atoms with E-state index in [1.165, 1.54) is 6.33 Å². The predicted molar refractivity (Wildman–Crippen MR) is 123 cm³/mol. The molecule has 2 amide bonds. The molecule has 10 nitrogen and oxygen atoms in total. The largest absolute Gasteiger partial charge is 0.449 e. The minimum Gasteiger partial charge on any atom is -0.449 e. The summed E-state index contributed by atoms with van der Waals surface area (Å²) in [7, 11) is 0. The SMILES string of the molecule is CC(C)(C)NC(=O)OCC1CCN(C(=O)c2cc(-c3ccncc3)n3ncnc(N)c23)CC1. The Labute approximate surface area is 192 Å². The first kappa shape index (κ1) is 22.5. The summed E-state index contributed by atoms with van der Waals surface area (Å²) < 4.78 is 7.02. The normalized spacial score (nSPS) is 14.9. The molecule has 33 heavy (non-hydrogen) atoms. The molecular weight excluding hydrogens is 422 g/mol. The highest BCUT2D eigenvalue weighted by Crippen LogP contribution is 2.29. The van der Waals surface area contributed by atoms with Crippen molar-refractivity contribution < 1.29 is 14.3 Å². The molecule has 0 bridgehead atoms. The number of nitrogens with zero attached hydrogens (tertiary/aromatic N) is 5. The molecule has 0 spiro atoms. The predicted octanol–water partition coefficient (Wildman–Crippen LogP) is 2.75. The Bertz CT molecular complexity index is 1150. The summed E-state index contributed by atoms with van der Waals surface area (Å²) in [6.07, 6.45) is 5.85. The Morgan fingerprint density at radius 3 is 2.58 bits per heavy atom. The molecule has 0 saturated carbocycles. The van der Waals surface area contributed by atoms with E-state index in [0.29, 0.717) is 30.8 Å². The van der Waals surface area contributed by atoms with E-state index in [9.17, 15) is 9.59 Å². The second-order valence-corrected chi connectivity index (χ2v) is 9.29. The van der Waals surface area contributed by atoms with Crippen molar-refractivity contribution in [1.82, 2.24) is 29.8 Å². The maximum atomic E-state index is 13.4. The van der Waals surface area contributed by atoms with Crippen molar-refractivity contribution in [2.75, 3.05) is 25.4 Å². The van der Waals surface area contributed by atoms with Gasteiger partial charge < -0.3 is 20.7 Å². The molecule has 1 aliphatic heterocycles. The Morgan fingerprint density at radius 2 is 1.91 bits per heavy atom. The molecule has 1 fully saturated rings. The third-order valence-corrected chi connectivity index (χ3v) is 5.62. The fourth-order valence-electron chi connectivity index (χ4n) is 3.97. The van der Waals surface area contributed by atoms with Crippen LogP contribution in [0.25, 0.3) is 16.8 Å². The molecule has 1 aliphatic rings. The van der Waals surface area contributed by atoms with Crippen LogP contribution in [0.1, 0.15) is 44.0 Å². The van der Waals surface area contributed by atoms with Crippen molar-refractivity contribution in [2.24, 2.45) is 5.92 Å². The van der Waals surface area contributed by atoms with Crippen LogP contribution in [-0.4, -0.2) is 61.7 Å². The summed E-state index contributed by atoms with van der Waals surface area (Å²) in [5.41, 5.74) is 8.40. The summed E-state index contributed by atoms with van der Waals surface area (Å²) in [6.45, 7) is 7.20. The molecule has 0 aromatic carbocycles. The van der Waals surface area contributed by atoms with Crippen molar-refractivity contribution in [1.29, 1.82) is 0 Å². The number of piperidine rings is 1. The van der Waals surface area contributed by atoms with Crippen LogP contribution in [0, 0.1) is 5.92 Å². The molecule has 10 heteroatoms. The van der Waals surface area contributed by atoms with Gasteiger partial charge in [0.25, 0.3) is 5.91 Å². The van der Waals surface area contributed by atoms with Crippen molar-refractivity contribution in [3.8, 4) is 11.3 Å². The standard InChI is InChI=1S/C23H29N7O3/c1-23(2,3)28-22(32)33-13-15-6-10-29(11-7-15)21(31)17-12-18(16-4-8-25-9-5-16)30-19(17)20(24)26-14-27-30/h4-5,8-9,12,14-15H,6-7,10-11,13H2,1-3H3,(H,28,32)(H2,24,26,27). The van der Waals surface area contributed by atoms with Crippen LogP contribution in [0.15, 0.2) is 36.9 Å². The van der Waals surface area contributed by atoms with Gasteiger partial charge in [-0.1, -0.05) is 0 Å². The second kappa shape index (κ2) is 9.05. The van der Waals surface area contributed by atoms with Gasteiger partial charge in [-0.15, -0.1) is 0 Å². The molecule has 3 N–H and O–H groups in total. The average molecular weight is 452 g/mol. The summed E-state index contributed by atoms with van der Waals surface area (Å²) >= 11 is 0. The van der Waals surface area contributed by atoms with Gasteiger partial charge in [0.15, 0.2) is 5.82 Å². The van der Waals surface area contributed by atoms with Crippen molar-refractivity contribution in [3.05, 3.63) is 42.5 Å². The lowest BCUT2D eigenvalue weighted by molar-refractivity contribution is 0.0614. The van der Waals surface area contributed by atoms with Gasteiger partial charge in [-0.05, 0) is 57.7 Å². The van der Waals surface area contributed by atoms with E-state index in [0.717, 1.165) is 24.1 Å². The molecule has 0 aliphatic carbocycles. The van der Waals surface area contributed by atoms with Crippen LogP contribution >= 0.6 is 0 Å². The number of likely N-dealkylation sites (tertiary alicyclic amines) is 1. The van der Waals surface area contributed by atoms with Crippen LogP contribution in [-0.2, 0) is 4.74 Å². The number of ether oxygens (including phenoxy) is 1. The lowest BCUT2D eigenvalue weighted by atomic mass is 9.97. The molecule has 174 valence electrons. The van der Waals surface area contributed by atoms with Crippen molar-refractivity contribution in [3.63, 3.8) is 0 Å². The lowest BCUT2D eigenvalue weighted by Gasteiger charge is -2.32. The molecule has 3 aromatic heterocycles. The Hall–Kier alpha value is -3.69. The number of hydrogen-bond acceptors (Lipinski definition) is 7. The molecule has 0 unspecified atom stereocenters. The Kier molecular flexibility index (Phi) is 6.17. The van der Waals surface area contributed by atoms with Gasteiger partial charge in [0.05, 0.1) is 17.9 Å². The number of anilines is 1. The van der Waals surface area contributed by atoms with Gasteiger partial charge in [-0.3, -0.25) is 9.78 Å². The van der Waals surface area contributed by atoms with E-state index >= 15 is 0 Å². The highest BCUT2D eigenvalue weighted by Gasteiger charge is 2.28. The number of alkyl carbamates (subject to hydrolysis) is 1. The van der Waals surface area contributed by atoms with Crippen LogP contribution in [0.2, 0.25) is 0 Å². The van der Waals surface area contributed by atoms with E-state index in [-0.39, 0.29) is 23.2 Å². The number of hydrogen-bond donors (Lipinski definition) is 2. The monoisotopic (exact) mass is 451 g/mol. The molecule has 3 aromatic rings. The molecule has 4 rings (SSSR count). The fraction of sp³-hybridized carbons (Fsp3) is 0.435. The Balaban J connectivity index is 1.46. The Morgan fingerprint density at radius 1 is 1.21 bits per heavy atom. The van der Waals surface area contributed by atoms with Crippen LogP contribution in [0.4, 0.5) is 10.6 Å². The quantitative estimate of drug-likeness (QED) is 0.624. The average Bonchev–Trinajstić information content (AvgIpc) is 3.18. The number of nitrogen functional groups attached to an aromatic ring is 1. The minimum atomic E-state index is -0.416. The second-order valence-electron chi connectivity index (χ2n) is 9.29. The third-order valence-electron chi connectivity index (χ3n) is 5.62. The van der Waals surface area contributed by atoms with E-state index < -0.39 is 6.09 Å². The molecule has 1 saturated heterocycles. The van der Waals surface area contributed by atoms with Crippen molar-refractivity contribution >= 4 is 23.3 Å². The summed E-state index contributed by atoms with van der Waals surface area (Å²) in [6, 6.07) is 5.52. The van der Waals surface area contributed by atoms with Crippen LogP contribution in [0.3, 0.4) is 0 Å². The van der Waals surface area contributed by atoms with Crippen LogP contribution < -0.4 is 11.1 Å². The maximum Gasteiger partial charge on any atom is 0.407 e. The van der Waals surface area contributed by atoms with Gasteiger partial charge in [0, 0.05) is 36.6 Å². The van der Waals surface area contributed by atoms with Gasteiger partial charge in [-0.25, -0.2) is 14.3 Å². The summed E-state index contributed by atoms with van der Waals surface area (Å²) in [5.74, 6) is 0.354. The molecule has 0 radical (unpaired) electrons. The molecule has 0 atom stereocenters. The van der Waals surface area contributed by atoms with E-state index in [2.05, 4.69) is 20.4 Å². The third kappa shape index (κ3) is 5.05. The zero-order valence-electron chi connectivity index (χ0n) is 19.1. The minimum absolute atomic E-state index is 0.112. The van der Waals surface area contributed by atoms with Crippen molar-refractivity contribution in [2.45, 2.75) is 39.2 Å².